The predicted molar refractivity (Wildman–Crippen MR) is 199 cm³/mol. The number of oxazole rings is 1. The van der Waals surface area contributed by atoms with Gasteiger partial charge in [-0.05, 0) is 36.1 Å². The molecule has 4 N–H and O–H groups in total. The number of carbonyl (C=O) groups is 2. The van der Waals surface area contributed by atoms with Crippen molar-refractivity contribution >= 4 is 29.3 Å². The van der Waals surface area contributed by atoms with Gasteiger partial charge in [0, 0.05) is 47.4 Å². The summed E-state index contributed by atoms with van der Waals surface area (Å²) in [6.45, 7) is -0.0305. The zero-order chi connectivity index (χ0) is 36.1. The summed E-state index contributed by atoms with van der Waals surface area (Å²) in [5, 5.41) is 21.7. The minimum atomic E-state index is -0.649. The highest BCUT2D eigenvalue weighted by atomic mass is 32.2. The molecule has 0 radical (unpaired) electrons. The summed E-state index contributed by atoms with van der Waals surface area (Å²) in [4.78, 5) is 28.6. The van der Waals surface area contributed by atoms with Crippen molar-refractivity contribution in [2.24, 2.45) is 0 Å². The van der Waals surface area contributed by atoms with Crippen molar-refractivity contribution in [3.8, 4) is 22.6 Å². The summed E-state index contributed by atoms with van der Waals surface area (Å²) in [6.07, 6.45) is 3.17. The molecule has 10 nitrogen and oxygen atoms in total. The second-order valence-electron chi connectivity index (χ2n) is 12.7. The van der Waals surface area contributed by atoms with E-state index in [1.54, 1.807) is 5.48 Å². The van der Waals surface area contributed by atoms with Crippen molar-refractivity contribution in [1.82, 2.24) is 10.5 Å². The zero-order valence-electron chi connectivity index (χ0n) is 28.8. The SMILES string of the molecule is O=C(CCCCCCC(=O)Nc1ccc(C2OC(c3ccc(CO)cc3)C[C@H](CSc3nc(-c4ccccc4)c(-c4ccccc4)o3)O2)cc1)NO. The number of aliphatic hydroxyl groups excluding tert-OH is 1. The lowest BCUT2D eigenvalue weighted by Crippen LogP contribution is -2.31. The monoisotopic (exact) mass is 721 g/mol. The molecule has 52 heavy (non-hydrogen) atoms. The molecule has 1 aromatic heterocycles. The number of aliphatic hydroxyl groups is 1. The minimum Gasteiger partial charge on any atom is -0.431 e. The zero-order valence-corrected chi connectivity index (χ0v) is 29.6. The van der Waals surface area contributed by atoms with Crippen LogP contribution >= 0.6 is 11.8 Å². The third kappa shape index (κ3) is 10.2. The summed E-state index contributed by atoms with van der Waals surface area (Å²) in [6, 6.07) is 35.3. The Morgan fingerprint density at radius 3 is 2.04 bits per heavy atom. The molecule has 2 amide bonds. The van der Waals surface area contributed by atoms with Crippen LogP contribution in [0.25, 0.3) is 22.6 Å². The van der Waals surface area contributed by atoms with Crippen LogP contribution in [0.3, 0.4) is 0 Å². The van der Waals surface area contributed by atoms with Gasteiger partial charge < -0.3 is 24.3 Å². The first kappa shape index (κ1) is 37.0. The van der Waals surface area contributed by atoms with Gasteiger partial charge in [0.2, 0.25) is 11.8 Å². The van der Waals surface area contributed by atoms with Crippen LogP contribution in [0, 0.1) is 0 Å². The number of carbonyl (C=O) groups excluding carboxylic acids is 2. The number of thioether (sulfide) groups is 1. The number of nitrogens with one attached hydrogen (secondary N) is 2. The quantitative estimate of drug-likeness (QED) is 0.0341. The molecule has 3 atom stereocenters. The number of ether oxygens (including phenoxy) is 2. The van der Waals surface area contributed by atoms with E-state index in [4.69, 9.17) is 24.1 Å². The third-order valence-electron chi connectivity index (χ3n) is 8.85. The highest BCUT2D eigenvalue weighted by molar-refractivity contribution is 7.99. The molecular formula is C41H43N3O7S. The molecule has 0 saturated carbocycles. The number of benzene rings is 4. The molecule has 11 heteroatoms. The van der Waals surface area contributed by atoms with E-state index in [0.717, 1.165) is 52.1 Å². The lowest BCUT2D eigenvalue weighted by molar-refractivity contribution is -0.245. The molecule has 1 aliphatic heterocycles. The third-order valence-corrected chi connectivity index (χ3v) is 9.81. The van der Waals surface area contributed by atoms with E-state index in [0.29, 0.717) is 42.3 Å². The average molecular weight is 722 g/mol. The van der Waals surface area contributed by atoms with Crippen LogP contribution in [-0.2, 0) is 25.7 Å². The highest BCUT2D eigenvalue weighted by Gasteiger charge is 2.33. The van der Waals surface area contributed by atoms with Gasteiger partial charge in [0.15, 0.2) is 12.1 Å². The summed E-state index contributed by atoms with van der Waals surface area (Å²) in [5.41, 5.74) is 7.69. The number of aromatic nitrogens is 1. The number of rotatable bonds is 16. The Labute approximate surface area is 307 Å². The Bertz CT molecular complexity index is 1810. The summed E-state index contributed by atoms with van der Waals surface area (Å²) in [5.74, 6) is 0.829. The van der Waals surface area contributed by atoms with E-state index >= 15 is 0 Å². The second kappa shape index (κ2) is 18.6. The molecule has 1 aliphatic rings. The lowest BCUT2D eigenvalue weighted by Gasteiger charge is -2.36. The Morgan fingerprint density at radius 2 is 1.38 bits per heavy atom. The molecule has 0 aliphatic carbocycles. The van der Waals surface area contributed by atoms with Crippen LogP contribution in [0.5, 0.6) is 0 Å². The van der Waals surface area contributed by atoms with E-state index in [2.05, 4.69) is 5.32 Å². The van der Waals surface area contributed by atoms with E-state index < -0.39 is 12.2 Å². The fourth-order valence-electron chi connectivity index (χ4n) is 6.05. The van der Waals surface area contributed by atoms with Crippen LogP contribution in [0.15, 0.2) is 119 Å². The van der Waals surface area contributed by atoms with Gasteiger partial charge >= 0.3 is 0 Å². The maximum atomic E-state index is 12.6. The van der Waals surface area contributed by atoms with Gasteiger partial charge in [0.05, 0.1) is 18.8 Å². The predicted octanol–water partition coefficient (Wildman–Crippen LogP) is 8.62. The largest absolute Gasteiger partial charge is 0.431 e. The first-order valence-electron chi connectivity index (χ1n) is 17.6. The molecule has 6 rings (SSSR count). The number of hydrogen-bond acceptors (Lipinski definition) is 9. The summed E-state index contributed by atoms with van der Waals surface area (Å²) in [7, 11) is 0. The molecule has 0 spiro atoms. The first-order valence-corrected chi connectivity index (χ1v) is 18.6. The second-order valence-corrected chi connectivity index (χ2v) is 13.6. The maximum Gasteiger partial charge on any atom is 0.256 e. The van der Waals surface area contributed by atoms with Gasteiger partial charge in [-0.3, -0.25) is 14.8 Å². The standard InChI is InChI=1S/C41H43N3O7S/c45-26-28-17-19-29(20-18-28)35-25-34(27-52-41-43-38(30-11-5-3-6-12-30)39(51-41)31-13-7-4-8-14-31)49-40(50-35)32-21-23-33(24-22-32)42-36(46)15-9-1-2-10-16-37(47)44-48/h3-8,11-14,17-24,34-35,40,45,48H,1-2,9-10,15-16,25-27H2,(H,42,46)(H,44,47)/t34-,35?,40?/m1/s1. The number of amides is 2. The van der Waals surface area contributed by atoms with E-state index in [1.165, 1.54) is 11.8 Å². The van der Waals surface area contributed by atoms with Crippen LogP contribution in [-0.4, -0.2) is 39.0 Å². The van der Waals surface area contributed by atoms with Gasteiger partial charge in [-0.15, -0.1) is 0 Å². The van der Waals surface area contributed by atoms with Gasteiger partial charge in [0.1, 0.15) is 5.69 Å². The molecule has 0 bridgehead atoms. The Hall–Kier alpha value is -4.78. The van der Waals surface area contributed by atoms with Crippen molar-refractivity contribution in [3.63, 3.8) is 0 Å². The molecule has 2 unspecified atom stereocenters. The van der Waals surface area contributed by atoms with E-state index in [1.807, 2.05) is 109 Å². The van der Waals surface area contributed by atoms with Crippen molar-refractivity contribution in [2.75, 3.05) is 11.1 Å². The van der Waals surface area contributed by atoms with Crippen molar-refractivity contribution in [3.05, 3.63) is 126 Å². The molecule has 2 heterocycles. The van der Waals surface area contributed by atoms with E-state index in [-0.39, 0.29) is 31.1 Å². The fraction of sp³-hybridized carbons (Fsp3) is 0.293. The minimum absolute atomic E-state index is 0.0305. The number of unbranched alkanes of at least 4 members (excludes halogenated alkanes) is 3. The van der Waals surface area contributed by atoms with Crippen molar-refractivity contribution < 1.29 is 33.8 Å². The van der Waals surface area contributed by atoms with Crippen LogP contribution in [0.1, 0.15) is 74.0 Å². The highest BCUT2D eigenvalue weighted by Crippen LogP contribution is 2.41. The van der Waals surface area contributed by atoms with Gasteiger partial charge in [-0.1, -0.05) is 122 Å². The molecule has 5 aromatic rings. The number of anilines is 1. The lowest BCUT2D eigenvalue weighted by atomic mass is 10.0. The molecule has 1 saturated heterocycles. The molecule has 270 valence electrons. The van der Waals surface area contributed by atoms with Crippen LogP contribution in [0.4, 0.5) is 5.69 Å². The summed E-state index contributed by atoms with van der Waals surface area (Å²) < 4.78 is 19.4. The number of hydroxylamine groups is 1. The van der Waals surface area contributed by atoms with E-state index in [9.17, 15) is 14.7 Å². The average Bonchev–Trinajstić information content (AvgIpc) is 3.63. The van der Waals surface area contributed by atoms with Crippen molar-refractivity contribution in [1.29, 1.82) is 0 Å². The molecule has 1 fully saturated rings. The van der Waals surface area contributed by atoms with Gasteiger partial charge in [0.25, 0.3) is 5.22 Å². The number of hydrogen-bond donors (Lipinski definition) is 4. The van der Waals surface area contributed by atoms with Gasteiger partial charge in [-0.25, -0.2) is 10.5 Å². The smallest absolute Gasteiger partial charge is 0.256 e. The van der Waals surface area contributed by atoms with Crippen LogP contribution < -0.4 is 10.8 Å². The topological polar surface area (TPSA) is 143 Å². The first-order chi connectivity index (χ1) is 25.5. The van der Waals surface area contributed by atoms with Crippen LogP contribution in [0.2, 0.25) is 0 Å². The summed E-state index contributed by atoms with van der Waals surface area (Å²) >= 11 is 1.51. The Kier molecular flexibility index (Phi) is 13.3. The Morgan fingerprint density at radius 1 is 0.750 bits per heavy atom. The Balaban J connectivity index is 1.12. The normalized spacial score (nSPS) is 17.1. The fourth-order valence-corrected chi connectivity index (χ4v) is 6.89. The molecule has 4 aromatic carbocycles. The number of nitrogens with zero attached hydrogens (tertiary/aromatic N) is 1. The molecular weight excluding hydrogens is 679 g/mol. The van der Waals surface area contributed by atoms with Gasteiger partial charge in [-0.2, -0.15) is 0 Å². The van der Waals surface area contributed by atoms with Crippen molar-refractivity contribution in [2.45, 2.75) is 75.3 Å². The maximum absolute atomic E-state index is 12.6.